The number of fused-ring (bicyclic) bond motifs is 1. The van der Waals surface area contributed by atoms with Gasteiger partial charge in [-0.2, -0.15) is 10.4 Å². The lowest BCUT2D eigenvalue weighted by molar-refractivity contribution is 0.237. The van der Waals surface area contributed by atoms with E-state index in [-0.39, 0.29) is 18.7 Å². The first-order valence-corrected chi connectivity index (χ1v) is 10.1. The van der Waals surface area contributed by atoms with E-state index in [4.69, 9.17) is 0 Å². The molecule has 142 valence electrons. The van der Waals surface area contributed by atoms with Crippen molar-refractivity contribution >= 4 is 21.1 Å². The van der Waals surface area contributed by atoms with Gasteiger partial charge in [-0.1, -0.05) is 0 Å². The number of nitriles is 1. The van der Waals surface area contributed by atoms with E-state index in [1.54, 1.807) is 30.2 Å². The van der Waals surface area contributed by atoms with E-state index in [0.717, 1.165) is 22.3 Å². The highest BCUT2D eigenvalue weighted by Gasteiger charge is 2.32. The first-order valence-electron chi connectivity index (χ1n) is 8.45. The summed E-state index contributed by atoms with van der Waals surface area (Å²) in [5.41, 5.74) is 1.41. The molecule has 3 rings (SSSR count). The maximum Gasteiger partial charge on any atom is 0.213 e. The SMILES string of the molecule is CCS(=O)(=O)N(C)CC(C)(CC#N)n1cc(-c2ncnc3[nH]ccc23)cn1. The maximum absolute atomic E-state index is 12.1. The second-order valence-corrected chi connectivity index (χ2v) is 8.99. The van der Waals surface area contributed by atoms with Crippen molar-refractivity contribution in [3.63, 3.8) is 0 Å². The van der Waals surface area contributed by atoms with Gasteiger partial charge in [-0.3, -0.25) is 4.68 Å². The minimum absolute atomic E-state index is 0.00287. The second-order valence-electron chi connectivity index (χ2n) is 6.62. The Kier molecular flexibility index (Phi) is 4.99. The van der Waals surface area contributed by atoms with E-state index in [2.05, 4.69) is 26.1 Å². The molecule has 0 fully saturated rings. The molecule has 3 aromatic rings. The monoisotopic (exact) mass is 387 g/mol. The highest BCUT2D eigenvalue weighted by molar-refractivity contribution is 7.89. The van der Waals surface area contributed by atoms with Gasteiger partial charge < -0.3 is 4.98 Å². The topological polar surface area (TPSA) is 121 Å². The molecule has 0 aromatic carbocycles. The molecule has 1 unspecified atom stereocenters. The van der Waals surface area contributed by atoms with Crippen LogP contribution in [0.1, 0.15) is 20.3 Å². The third kappa shape index (κ3) is 3.56. The standard InChI is InChI=1S/C17H21N7O2S/c1-4-27(25,26)23(3)11-17(2,6-7-18)24-10-13(9-22-24)15-14-5-8-19-16(14)21-12-20-15/h5,8-10,12H,4,6,11H2,1-3H3,(H,19,20,21). The normalized spacial score (nSPS) is 14.3. The minimum atomic E-state index is -3.37. The first kappa shape index (κ1) is 19.0. The van der Waals surface area contributed by atoms with Crippen LogP contribution in [0.5, 0.6) is 0 Å². The van der Waals surface area contributed by atoms with Gasteiger partial charge in [-0.15, -0.1) is 0 Å². The molecule has 10 heteroatoms. The van der Waals surface area contributed by atoms with Gasteiger partial charge in [0.1, 0.15) is 12.0 Å². The number of likely N-dealkylation sites (N-methyl/N-ethyl adjacent to an activating group) is 1. The fourth-order valence-corrected chi connectivity index (χ4v) is 3.94. The van der Waals surface area contributed by atoms with Crippen LogP contribution in [0.25, 0.3) is 22.3 Å². The Labute approximate surface area is 157 Å². The fourth-order valence-electron chi connectivity index (χ4n) is 3.02. The van der Waals surface area contributed by atoms with Gasteiger partial charge in [-0.25, -0.2) is 22.7 Å². The molecule has 1 atom stereocenters. The molecular formula is C17H21N7O2S. The van der Waals surface area contributed by atoms with Gasteiger partial charge in [0.05, 0.1) is 35.7 Å². The highest BCUT2D eigenvalue weighted by atomic mass is 32.2. The number of aromatic amines is 1. The van der Waals surface area contributed by atoms with Gasteiger partial charge in [0.2, 0.25) is 10.0 Å². The Morgan fingerprint density at radius 2 is 2.19 bits per heavy atom. The molecule has 0 radical (unpaired) electrons. The number of aromatic nitrogens is 5. The van der Waals surface area contributed by atoms with Crippen molar-refractivity contribution in [2.24, 2.45) is 0 Å². The Morgan fingerprint density at radius 1 is 1.41 bits per heavy atom. The number of hydrogen-bond acceptors (Lipinski definition) is 6. The van der Waals surface area contributed by atoms with Crippen LogP contribution in [0.2, 0.25) is 0 Å². The average Bonchev–Trinajstić information content (AvgIpc) is 3.31. The smallest absolute Gasteiger partial charge is 0.213 e. The van der Waals surface area contributed by atoms with Crippen LogP contribution >= 0.6 is 0 Å². The summed E-state index contributed by atoms with van der Waals surface area (Å²) in [4.78, 5) is 11.6. The predicted octanol–water partition coefficient (Wildman–Crippen LogP) is 1.73. The highest BCUT2D eigenvalue weighted by Crippen LogP contribution is 2.28. The van der Waals surface area contributed by atoms with E-state index in [0.29, 0.717) is 0 Å². The van der Waals surface area contributed by atoms with E-state index < -0.39 is 15.6 Å². The van der Waals surface area contributed by atoms with Crippen molar-refractivity contribution in [1.29, 1.82) is 5.26 Å². The molecule has 9 nitrogen and oxygen atoms in total. The van der Waals surface area contributed by atoms with Crippen molar-refractivity contribution in [2.45, 2.75) is 25.8 Å². The molecule has 1 N–H and O–H groups in total. The largest absolute Gasteiger partial charge is 0.346 e. The summed E-state index contributed by atoms with van der Waals surface area (Å²) < 4.78 is 27.2. The van der Waals surface area contributed by atoms with Crippen LogP contribution in [0, 0.1) is 11.3 Å². The van der Waals surface area contributed by atoms with Crippen LogP contribution in [0.3, 0.4) is 0 Å². The number of rotatable bonds is 7. The van der Waals surface area contributed by atoms with Gasteiger partial charge in [0.15, 0.2) is 0 Å². The number of sulfonamides is 1. The fraction of sp³-hybridized carbons (Fsp3) is 0.412. The molecule has 27 heavy (non-hydrogen) atoms. The van der Waals surface area contributed by atoms with Crippen molar-refractivity contribution in [1.82, 2.24) is 29.0 Å². The molecule has 3 aromatic heterocycles. The van der Waals surface area contributed by atoms with E-state index in [1.807, 2.05) is 13.0 Å². The van der Waals surface area contributed by atoms with E-state index in [1.165, 1.54) is 17.7 Å². The lowest BCUT2D eigenvalue weighted by Gasteiger charge is -2.31. The van der Waals surface area contributed by atoms with Crippen LogP contribution in [-0.2, 0) is 15.6 Å². The lowest BCUT2D eigenvalue weighted by Crippen LogP contribution is -2.44. The van der Waals surface area contributed by atoms with Crippen molar-refractivity contribution < 1.29 is 8.42 Å². The number of nitrogens with zero attached hydrogens (tertiary/aromatic N) is 6. The van der Waals surface area contributed by atoms with Gasteiger partial charge in [0.25, 0.3) is 0 Å². The van der Waals surface area contributed by atoms with Gasteiger partial charge in [-0.05, 0) is 19.9 Å². The lowest BCUT2D eigenvalue weighted by atomic mass is 9.99. The van der Waals surface area contributed by atoms with Crippen molar-refractivity contribution in [3.05, 3.63) is 31.0 Å². The molecule has 0 bridgehead atoms. The number of nitrogens with one attached hydrogen (secondary N) is 1. The zero-order valence-electron chi connectivity index (χ0n) is 15.4. The number of hydrogen-bond donors (Lipinski definition) is 1. The molecule has 0 aliphatic heterocycles. The molecule has 0 aliphatic carbocycles. The Morgan fingerprint density at radius 3 is 2.89 bits per heavy atom. The van der Waals surface area contributed by atoms with Crippen LogP contribution in [0.15, 0.2) is 31.0 Å². The maximum atomic E-state index is 12.1. The van der Waals surface area contributed by atoms with Gasteiger partial charge in [0, 0.05) is 36.9 Å². The quantitative estimate of drug-likeness (QED) is 0.659. The third-order valence-corrected chi connectivity index (χ3v) is 6.43. The zero-order chi connectivity index (χ0) is 19.7. The summed E-state index contributed by atoms with van der Waals surface area (Å²) in [7, 11) is -1.85. The molecule has 0 saturated carbocycles. The van der Waals surface area contributed by atoms with E-state index >= 15 is 0 Å². The Hall–Kier alpha value is -2.77. The summed E-state index contributed by atoms with van der Waals surface area (Å²) in [6, 6.07) is 4.03. The Balaban J connectivity index is 1.99. The number of H-pyrrole nitrogens is 1. The minimum Gasteiger partial charge on any atom is -0.346 e. The van der Waals surface area contributed by atoms with Gasteiger partial charge >= 0.3 is 0 Å². The predicted molar refractivity (Wildman–Crippen MR) is 101 cm³/mol. The summed E-state index contributed by atoms with van der Waals surface area (Å²) >= 11 is 0. The summed E-state index contributed by atoms with van der Waals surface area (Å²) in [5.74, 6) is 0.00287. The second kappa shape index (κ2) is 7.09. The zero-order valence-corrected chi connectivity index (χ0v) is 16.2. The van der Waals surface area contributed by atoms with Crippen LogP contribution in [0.4, 0.5) is 0 Å². The summed E-state index contributed by atoms with van der Waals surface area (Å²) in [5, 5.41) is 14.6. The molecular weight excluding hydrogens is 366 g/mol. The van der Waals surface area contributed by atoms with Crippen molar-refractivity contribution in [2.75, 3.05) is 19.3 Å². The van der Waals surface area contributed by atoms with E-state index in [9.17, 15) is 13.7 Å². The first-order chi connectivity index (χ1) is 12.8. The average molecular weight is 387 g/mol. The van der Waals surface area contributed by atoms with Crippen LogP contribution in [-0.4, -0.2) is 56.8 Å². The molecule has 0 spiro atoms. The Bertz CT molecular complexity index is 1100. The van der Waals surface area contributed by atoms with Crippen LogP contribution < -0.4 is 0 Å². The molecule has 3 heterocycles. The van der Waals surface area contributed by atoms with Crippen molar-refractivity contribution in [3.8, 4) is 17.3 Å². The third-order valence-electron chi connectivity index (χ3n) is 4.63. The molecule has 0 aliphatic rings. The molecule has 0 saturated heterocycles. The summed E-state index contributed by atoms with van der Waals surface area (Å²) in [6.45, 7) is 3.55. The summed E-state index contributed by atoms with van der Waals surface area (Å²) in [6.07, 6.45) is 6.83. The molecule has 0 amide bonds.